The van der Waals surface area contributed by atoms with Crippen molar-refractivity contribution in [2.45, 2.75) is 25.3 Å². The van der Waals surface area contributed by atoms with Crippen LogP contribution in [0.15, 0.2) is 79.1 Å². The number of piperidine rings is 1. The van der Waals surface area contributed by atoms with Crippen LogP contribution in [0.2, 0.25) is 0 Å². The molecule has 7 rings (SSSR count). The maximum absolute atomic E-state index is 12.6. The molecule has 2 aromatic heterocycles. The molecule has 1 saturated heterocycles. The number of carbonyl (C=O) groups excluding carboxylic acids is 2. The van der Waals surface area contributed by atoms with Crippen molar-refractivity contribution in [2.24, 2.45) is 0 Å². The Bertz CT molecular complexity index is 1880. The molecule has 0 spiro atoms. The topological polar surface area (TPSA) is 130 Å². The Hall–Kier alpha value is -5.45. The second-order valence-electron chi connectivity index (χ2n) is 11.0. The number of rotatable bonds is 8. The number of nitrogens with zero attached hydrogens (tertiary/aromatic N) is 5. The summed E-state index contributed by atoms with van der Waals surface area (Å²) in [4.78, 5) is 49.4. The van der Waals surface area contributed by atoms with Crippen molar-refractivity contribution in [1.82, 2.24) is 24.8 Å². The number of para-hydroxylation sites is 1. The predicted molar refractivity (Wildman–Crippen MR) is 165 cm³/mol. The summed E-state index contributed by atoms with van der Waals surface area (Å²) in [6.07, 6.45) is 2.75. The molecular formula is C33H30N6O5. The molecular weight excluding hydrogens is 560 g/mol. The summed E-state index contributed by atoms with van der Waals surface area (Å²) >= 11 is 0. The summed E-state index contributed by atoms with van der Waals surface area (Å²) in [6, 6.07) is 22.7. The first kappa shape index (κ1) is 27.4. The monoisotopic (exact) mass is 590 g/mol. The van der Waals surface area contributed by atoms with E-state index in [4.69, 9.17) is 14.8 Å². The molecule has 2 N–H and O–H groups in total. The molecule has 4 heterocycles. The lowest BCUT2D eigenvalue weighted by atomic mass is 10.0. The van der Waals surface area contributed by atoms with E-state index < -0.39 is 6.09 Å². The number of nitrogens with one attached hydrogen (secondary N) is 1. The first-order chi connectivity index (χ1) is 21.5. The molecule has 2 aliphatic rings. The molecule has 5 aromatic rings. The van der Waals surface area contributed by atoms with Gasteiger partial charge in [-0.05, 0) is 61.7 Å². The first-order valence-corrected chi connectivity index (χ1v) is 14.7. The van der Waals surface area contributed by atoms with Crippen LogP contribution in [0.4, 0.5) is 10.5 Å². The van der Waals surface area contributed by atoms with Crippen molar-refractivity contribution in [2.75, 3.05) is 31.1 Å². The van der Waals surface area contributed by atoms with Crippen molar-refractivity contribution in [3.63, 3.8) is 0 Å². The van der Waals surface area contributed by atoms with Crippen LogP contribution in [-0.2, 0) is 0 Å². The van der Waals surface area contributed by atoms with Crippen molar-refractivity contribution in [1.29, 1.82) is 0 Å². The van der Waals surface area contributed by atoms with Gasteiger partial charge in [-0.25, -0.2) is 14.8 Å². The van der Waals surface area contributed by atoms with E-state index in [1.807, 2.05) is 41.0 Å². The zero-order valence-corrected chi connectivity index (χ0v) is 23.8. The number of imide groups is 1. The Labute approximate surface area is 252 Å². The fourth-order valence-corrected chi connectivity index (χ4v) is 6.07. The van der Waals surface area contributed by atoms with Crippen LogP contribution in [0.5, 0.6) is 5.75 Å². The highest BCUT2D eigenvalue weighted by Gasteiger charge is 2.34. The van der Waals surface area contributed by atoms with Gasteiger partial charge in [-0.2, -0.15) is 0 Å². The zero-order valence-electron chi connectivity index (χ0n) is 23.8. The van der Waals surface area contributed by atoms with E-state index in [0.717, 1.165) is 59.4 Å². The summed E-state index contributed by atoms with van der Waals surface area (Å²) in [5.74, 6) is 0.873. The third-order valence-corrected chi connectivity index (χ3v) is 8.29. The lowest BCUT2D eigenvalue weighted by Crippen LogP contribution is -2.44. The maximum Gasteiger partial charge on any atom is 0.404 e. The second-order valence-corrected chi connectivity index (χ2v) is 11.0. The maximum atomic E-state index is 12.6. The van der Waals surface area contributed by atoms with Gasteiger partial charge in [0.2, 0.25) is 0 Å². The number of hydrogen-bond acceptors (Lipinski definition) is 7. The molecule has 3 aromatic carbocycles. The standard InChI is InChI=1S/C33H30N6O5/c40-31-24-6-1-2-7-25(24)32(41)38(31)15-4-18-44-23-10-11-27-26(19-23)34-20-39(27)29-12-9-21-5-3-8-28(30(21)36-29)37-16-13-22(14-17-37)35-33(42)43/h1-3,5-12,19-20,22,35H,4,13-18H2,(H,42,43). The molecule has 11 nitrogen and oxygen atoms in total. The van der Waals surface area contributed by atoms with Gasteiger partial charge in [-0.3, -0.25) is 19.1 Å². The third kappa shape index (κ3) is 5.06. The molecule has 222 valence electrons. The van der Waals surface area contributed by atoms with Gasteiger partial charge < -0.3 is 20.1 Å². The molecule has 0 bridgehead atoms. The molecule has 44 heavy (non-hydrogen) atoms. The molecule has 0 atom stereocenters. The fraction of sp³-hybridized carbons (Fsp3) is 0.242. The summed E-state index contributed by atoms with van der Waals surface area (Å²) in [7, 11) is 0. The van der Waals surface area contributed by atoms with Gasteiger partial charge in [0.05, 0.1) is 40.0 Å². The average Bonchev–Trinajstić information content (AvgIpc) is 3.57. The number of carboxylic acid groups (broad SMARTS) is 1. The number of pyridine rings is 1. The van der Waals surface area contributed by atoms with Gasteiger partial charge in [0.15, 0.2) is 0 Å². The van der Waals surface area contributed by atoms with Crippen molar-refractivity contribution in [3.8, 4) is 11.6 Å². The van der Waals surface area contributed by atoms with Crippen molar-refractivity contribution in [3.05, 3.63) is 90.3 Å². The highest BCUT2D eigenvalue weighted by atomic mass is 16.5. The van der Waals surface area contributed by atoms with Crippen LogP contribution >= 0.6 is 0 Å². The van der Waals surface area contributed by atoms with Gasteiger partial charge in [-0.15, -0.1) is 0 Å². The Morgan fingerprint density at radius 1 is 0.955 bits per heavy atom. The number of carbonyl (C=O) groups is 3. The molecule has 0 saturated carbocycles. The van der Waals surface area contributed by atoms with E-state index in [1.54, 1.807) is 30.6 Å². The number of imidazole rings is 1. The van der Waals surface area contributed by atoms with Gasteiger partial charge in [0.25, 0.3) is 11.8 Å². The number of aromatic nitrogens is 3. The summed E-state index contributed by atoms with van der Waals surface area (Å²) < 4.78 is 7.89. The summed E-state index contributed by atoms with van der Waals surface area (Å²) in [5.41, 5.74) is 4.45. The predicted octanol–water partition coefficient (Wildman–Crippen LogP) is 4.88. The second kappa shape index (κ2) is 11.3. The number of benzene rings is 3. The van der Waals surface area contributed by atoms with Gasteiger partial charge >= 0.3 is 6.09 Å². The smallest absolute Gasteiger partial charge is 0.404 e. The number of fused-ring (bicyclic) bond motifs is 3. The Morgan fingerprint density at radius 2 is 1.73 bits per heavy atom. The number of amides is 3. The minimum atomic E-state index is -0.981. The lowest BCUT2D eigenvalue weighted by molar-refractivity contribution is 0.0646. The Kier molecular flexibility index (Phi) is 7.05. The van der Waals surface area contributed by atoms with Crippen LogP contribution in [0, 0.1) is 0 Å². The molecule has 0 unspecified atom stereocenters. The van der Waals surface area contributed by atoms with Gasteiger partial charge in [0, 0.05) is 37.1 Å². The summed E-state index contributed by atoms with van der Waals surface area (Å²) in [5, 5.41) is 12.7. The van der Waals surface area contributed by atoms with Crippen LogP contribution < -0.4 is 15.0 Å². The molecule has 0 aliphatic carbocycles. The highest BCUT2D eigenvalue weighted by molar-refractivity contribution is 6.21. The van der Waals surface area contributed by atoms with E-state index in [2.05, 4.69) is 27.3 Å². The van der Waals surface area contributed by atoms with E-state index >= 15 is 0 Å². The lowest BCUT2D eigenvalue weighted by Gasteiger charge is -2.33. The van der Waals surface area contributed by atoms with E-state index in [9.17, 15) is 14.4 Å². The van der Waals surface area contributed by atoms with Crippen LogP contribution in [0.25, 0.3) is 27.8 Å². The van der Waals surface area contributed by atoms with Gasteiger partial charge in [-0.1, -0.05) is 24.3 Å². The Balaban J connectivity index is 1.03. The minimum absolute atomic E-state index is 0.0373. The largest absolute Gasteiger partial charge is 0.493 e. The quantitative estimate of drug-likeness (QED) is 0.193. The molecule has 2 aliphatic heterocycles. The third-order valence-electron chi connectivity index (χ3n) is 8.29. The van der Waals surface area contributed by atoms with Crippen molar-refractivity contribution >= 4 is 45.5 Å². The normalized spacial score (nSPS) is 15.3. The van der Waals surface area contributed by atoms with E-state index in [-0.39, 0.29) is 24.4 Å². The summed E-state index contributed by atoms with van der Waals surface area (Å²) in [6.45, 7) is 2.12. The minimum Gasteiger partial charge on any atom is -0.493 e. The fourth-order valence-electron chi connectivity index (χ4n) is 6.07. The van der Waals surface area contributed by atoms with Crippen molar-refractivity contribution < 1.29 is 24.2 Å². The number of anilines is 1. The molecule has 11 heteroatoms. The number of hydrogen-bond donors (Lipinski definition) is 2. The van der Waals surface area contributed by atoms with E-state index in [0.29, 0.717) is 29.9 Å². The van der Waals surface area contributed by atoms with Gasteiger partial charge in [0.1, 0.15) is 17.9 Å². The van der Waals surface area contributed by atoms with Crippen LogP contribution in [0.3, 0.4) is 0 Å². The molecule has 3 amide bonds. The Morgan fingerprint density at radius 3 is 2.48 bits per heavy atom. The van der Waals surface area contributed by atoms with Crippen LogP contribution in [0.1, 0.15) is 40.0 Å². The highest BCUT2D eigenvalue weighted by Crippen LogP contribution is 2.30. The zero-order chi connectivity index (χ0) is 30.2. The molecule has 0 radical (unpaired) electrons. The van der Waals surface area contributed by atoms with Crippen LogP contribution in [-0.4, -0.2) is 74.7 Å². The number of ether oxygens (including phenoxy) is 1. The first-order valence-electron chi connectivity index (χ1n) is 14.7. The average molecular weight is 591 g/mol. The van der Waals surface area contributed by atoms with E-state index in [1.165, 1.54) is 4.90 Å². The SMILES string of the molecule is O=C(O)NC1CCN(c2cccc3ccc(-n4cnc5cc(OCCCN6C(=O)c7ccccc7C6=O)ccc54)nc23)CC1. The molecule has 1 fully saturated rings.